The van der Waals surface area contributed by atoms with Gasteiger partial charge in [0.2, 0.25) is 5.91 Å². The van der Waals surface area contributed by atoms with Gasteiger partial charge in [-0.05, 0) is 60.6 Å². The van der Waals surface area contributed by atoms with Crippen LogP contribution in [-0.2, 0) is 4.79 Å². The number of aromatic nitrogens is 2. The van der Waals surface area contributed by atoms with E-state index in [1.54, 1.807) is 10.6 Å². The van der Waals surface area contributed by atoms with E-state index in [1.165, 1.54) is 11.8 Å². The highest BCUT2D eigenvalue weighted by Gasteiger charge is 2.27. The van der Waals surface area contributed by atoms with E-state index in [9.17, 15) is 9.59 Å². The van der Waals surface area contributed by atoms with Gasteiger partial charge in [0, 0.05) is 18.1 Å². The second-order valence-electron chi connectivity index (χ2n) is 7.37. The third-order valence-electron chi connectivity index (χ3n) is 4.29. The van der Waals surface area contributed by atoms with Gasteiger partial charge >= 0.3 is 0 Å². The molecule has 0 saturated carbocycles. The number of nitrogens with zero attached hydrogens (tertiary/aromatic N) is 3. The van der Waals surface area contributed by atoms with E-state index in [0.717, 1.165) is 0 Å². The van der Waals surface area contributed by atoms with Crippen molar-refractivity contribution >= 4 is 28.6 Å². The Bertz CT molecular complexity index is 835. The molecule has 1 aromatic carbocycles. The van der Waals surface area contributed by atoms with Crippen LogP contribution in [-0.4, -0.2) is 37.7 Å². The summed E-state index contributed by atoms with van der Waals surface area (Å²) in [6, 6.07) is 7.58. The lowest BCUT2D eigenvalue weighted by molar-refractivity contribution is -0.133. The molecule has 0 aliphatic heterocycles. The molecule has 0 aliphatic carbocycles. The summed E-state index contributed by atoms with van der Waals surface area (Å²) in [4.78, 5) is 32.4. The number of benzene rings is 1. The van der Waals surface area contributed by atoms with Crippen LogP contribution in [0.1, 0.15) is 54.5 Å². The maximum atomic E-state index is 13.0. The first-order valence-electron chi connectivity index (χ1n) is 9.15. The summed E-state index contributed by atoms with van der Waals surface area (Å²) in [5.41, 5.74) is 0.610. The highest BCUT2D eigenvalue weighted by molar-refractivity contribution is 8.00. The van der Waals surface area contributed by atoms with Gasteiger partial charge in [-0.2, -0.15) is 0 Å². The first kappa shape index (κ1) is 20.5. The zero-order valence-corrected chi connectivity index (χ0v) is 17.5. The second-order valence-corrected chi connectivity index (χ2v) is 8.68. The molecule has 0 spiro atoms. The fourth-order valence-corrected chi connectivity index (χ4v) is 4.28. The summed E-state index contributed by atoms with van der Waals surface area (Å²) in [5.74, 6) is 0.0673. The van der Waals surface area contributed by atoms with Gasteiger partial charge in [-0.25, -0.2) is 4.98 Å². The van der Waals surface area contributed by atoms with E-state index >= 15 is 0 Å². The largest absolute Gasteiger partial charge is 0.337 e. The third kappa shape index (κ3) is 4.11. The zero-order valence-electron chi connectivity index (χ0n) is 16.7. The smallest absolute Gasteiger partial charge is 0.262 e. The lowest BCUT2D eigenvalue weighted by atomic mass is 10.2. The molecular formula is C20H29N3O2S. The summed E-state index contributed by atoms with van der Waals surface area (Å²) in [7, 11) is 0. The molecule has 0 fully saturated rings. The van der Waals surface area contributed by atoms with Gasteiger partial charge in [-0.1, -0.05) is 23.9 Å². The predicted octanol–water partition coefficient (Wildman–Crippen LogP) is 4.10. The fraction of sp³-hybridized carbons (Fsp3) is 0.550. The molecule has 0 aliphatic rings. The second kappa shape index (κ2) is 8.25. The van der Waals surface area contributed by atoms with Crippen LogP contribution in [0, 0.1) is 0 Å². The maximum absolute atomic E-state index is 13.0. The molecule has 6 heteroatoms. The van der Waals surface area contributed by atoms with Crippen molar-refractivity contribution in [2.45, 2.75) is 77.0 Å². The molecule has 1 amide bonds. The summed E-state index contributed by atoms with van der Waals surface area (Å²) >= 11 is 1.36. The molecular weight excluding hydrogens is 346 g/mol. The normalized spacial score (nSPS) is 13.0. The molecule has 0 unspecified atom stereocenters. The summed E-state index contributed by atoms with van der Waals surface area (Å²) in [5, 5.41) is 0.880. The van der Waals surface area contributed by atoms with Crippen molar-refractivity contribution in [2.24, 2.45) is 0 Å². The van der Waals surface area contributed by atoms with Crippen LogP contribution in [0.3, 0.4) is 0 Å². The number of fused-ring (bicyclic) bond motifs is 1. The maximum Gasteiger partial charge on any atom is 0.262 e. The molecule has 0 bridgehead atoms. The zero-order chi connectivity index (χ0) is 19.6. The Balaban J connectivity index is 2.45. The summed E-state index contributed by atoms with van der Waals surface area (Å²) in [6.45, 7) is 13.9. The van der Waals surface area contributed by atoms with Crippen LogP contribution >= 0.6 is 11.8 Å². The number of hydrogen-bond donors (Lipinski definition) is 0. The Kier molecular flexibility index (Phi) is 6.50. The molecule has 2 rings (SSSR count). The highest BCUT2D eigenvalue weighted by Crippen LogP contribution is 2.26. The van der Waals surface area contributed by atoms with Crippen LogP contribution in [0.15, 0.2) is 34.2 Å². The van der Waals surface area contributed by atoms with Gasteiger partial charge in [0.15, 0.2) is 5.16 Å². The molecule has 26 heavy (non-hydrogen) atoms. The molecule has 2 aromatic rings. The van der Waals surface area contributed by atoms with Crippen molar-refractivity contribution in [3.05, 3.63) is 34.6 Å². The number of hydrogen-bond acceptors (Lipinski definition) is 4. The fourth-order valence-electron chi connectivity index (χ4n) is 3.19. The molecule has 1 aromatic heterocycles. The topological polar surface area (TPSA) is 55.2 Å². The Hall–Kier alpha value is -1.82. The Morgan fingerprint density at radius 1 is 1.04 bits per heavy atom. The van der Waals surface area contributed by atoms with Crippen LogP contribution in [0.4, 0.5) is 0 Å². The molecule has 142 valence electrons. The van der Waals surface area contributed by atoms with Crippen LogP contribution < -0.4 is 5.56 Å². The molecule has 1 heterocycles. The van der Waals surface area contributed by atoms with Crippen molar-refractivity contribution in [3.8, 4) is 0 Å². The van der Waals surface area contributed by atoms with Crippen LogP contribution in [0.25, 0.3) is 10.9 Å². The van der Waals surface area contributed by atoms with E-state index < -0.39 is 0 Å². The van der Waals surface area contributed by atoms with Crippen molar-refractivity contribution in [1.82, 2.24) is 14.5 Å². The molecule has 0 radical (unpaired) electrons. The Morgan fingerprint density at radius 3 is 2.15 bits per heavy atom. The Labute approximate surface area is 159 Å². The van der Waals surface area contributed by atoms with Crippen molar-refractivity contribution in [2.75, 3.05) is 0 Å². The number of carbonyl (C=O) groups is 1. The average molecular weight is 376 g/mol. The first-order chi connectivity index (χ1) is 12.1. The van der Waals surface area contributed by atoms with E-state index in [2.05, 4.69) is 4.98 Å². The van der Waals surface area contributed by atoms with E-state index in [4.69, 9.17) is 0 Å². The van der Waals surface area contributed by atoms with E-state index in [1.807, 2.05) is 71.6 Å². The number of para-hydroxylation sites is 1. The first-order valence-corrected chi connectivity index (χ1v) is 10.0. The van der Waals surface area contributed by atoms with E-state index in [0.29, 0.717) is 16.1 Å². The monoisotopic (exact) mass is 375 g/mol. The highest BCUT2D eigenvalue weighted by atomic mass is 32.2. The minimum atomic E-state index is -0.321. The van der Waals surface area contributed by atoms with Crippen molar-refractivity contribution < 1.29 is 4.79 Å². The lowest BCUT2D eigenvalue weighted by Crippen LogP contribution is -2.45. The van der Waals surface area contributed by atoms with Gasteiger partial charge in [0.1, 0.15) is 0 Å². The quantitative estimate of drug-likeness (QED) is 0.563. The van der Waals surface area contributed by atoms with Crippen LogP contribution in [0.5, 0.6) is 0 Å². The van der Waals surface area contributed by atoms with Crippen LogP contribution in [0.2, 0.25) is 0 Å². The summed E-state index contributed by atoms with van der Waals surface area (Å²) in [6.07, 6.45) is 0. The van der Waals surface area contributed by atoms with Crippen molar-refractivity contribution in [3.63, 3.8) is 0 Å². The van der Waals surface area contributed by atoms with Gasteiger partial charge in [-0.15, -0.1) is 0 Å². The molecule has 0 N–H and O–H groups in total. The number of thioether (sulfide) groups is 1. The SMILES string of the molecule is CC(C)N(C(=O)[C@@H](C)Sc1nc2ccccc2c(=O)n1C(C)C)C(C)C. The predicted molar refractivity (Wildman–Crippen MR) is 109 cm³/mol. The number of amides is 1. The Morgan fingerprint density at radius 2 is 1.62 bits per heavy atom. The minimum Gasteiger partial charge on any atom is -0.337 e. The number of rotatable bonds is 6. The molecule has 5 nitrogen and oxygen atoms in total. The van der Waals surface area contributed by atoms with Gasteiger partial charge in [-0.3, -0.25) is 14.2 Å². The molecule has 1 atom stereocenters. The van der Waals surface area contributed by atoms with Gasteiger partial charge < -0.3 is 4.90 Å². The van der Waals surface area contributed by atoms with Crippen molar-refractivity contribution in [1.29, 1.82) is 0 Å². The number of carbonyl (C=O) groups excluding carboxylic acids is 1. The van der Waals surface area contributed by atoms with Gasteiger partial charge in [0.05, 0.1) is 16.2 Å². The standard InChI is InChI=1S/C20H29N3O2S/c1-12(2)22(13(3)4)18(24)15(7)26-20-21-17-11-9-8-10-16(17)19(25)23(20)14(5)6/h8-15H,1-7H3/t15-/m1/s1. The van der Waals surface area contributed by atoms with E-state index in [-0.39, 0.29) is 34.8 Å². The average Bonchev–Trinajstić information content (AvgIpc) is 2.53. The van der Waals surface area contributed by atoms with Gasteiger partial charge in [0.25, 0.3) is 5.56 Å². The minimum absolute atomic E-state index is 0.0318. The lowest BCUT2D eigenvalue weighted by Gasteiger charge is -2.33. The summed E-state index contributed by atoms with van der Waals surface area (Å²) < 4.78 is 1.69. The molecule has 0 saturated heterocycles. The third-order valence-corrected chi connectivity index (χ3v) is 5.34.